The maximum atomic E-state index is 13.3. The predicted octanol–water partition coefficient (Wildman–Crippen LogP) is 0.680. The summed E-state index contributed by atoms with van der Waals surface area (Å²) < 4.78 is 5.58. The van der Waals surface area contributed by atoms with E-state index in [2.05, 4.69) is 0 Å². The predicted molar refractivity (Wildman–Crippen MR) is 131 cm³/mol. The van der Waals surface area contributed by atoms with E-state index in [1.54, 1.807) is 27.7 Å². The molecular weight excluding hydrogens is 480 g/mol. The Kier molecular flexibility index (Phi) is 5.64. The van der Waals surface area contributed by atoms with Gasteiger partial charge in [0.15, 0.2) is 5.78 Å². The molecule has 9 nitrogen and oxygen atoms in total. The minimum Gasteiger partial charge on any atom is -0.455 e. The van der Waals surface area contributed by atoms with Gasteiger partial charge in [-0.15, -0.1) is 0 Å². The Balaban J connectivity index is 1.56. The van der Waals surface area contributed by atoms with Gasteiger partial charge in [-0.3, -0.25) is 4.79 Å². The van der Waals surface area contributed by atoms with Gasteiger partial charge in [-0.2, -0.15) is 0 Å². The van der Waals surface area contributed by atoms with Gasteiger partial charge >= 0.3 is 5.97 Å². The second-order valence-corrected chi connectivity index (χ2v) is 13.0. The summed E-state index contributed by atoms with van der Waals surface area (Å²) >= 11 is 0. The van der Waals surface area contributed by atoms with E-state index in [4.69, 9.17) is 4.74 Å². The van der Waals surface area contributed by atoms with Gasteiger partial charge in [0.25, 0.3) is 0 Å². The number of aliphatic hydroxyl groups is 6. The third-order valence-corrected chi connectivity index (χ3v) is 11.9. The maximum absolute atomic E-state index is 13.3. The minimum absolute atomic E-state index is 0.0135. The van der Waals surface area contributed by atoms with Crippen LogP contribution in [-0.4, -0.2) is 83.1 Å². The van der Waals surface area contributed by atoms with E-state index in [0.717, 1.165) is 5.57 Å². The van der Waals surface area contributed by atoms with E-state index in [1.807, 2.05) is 0 Å². The normalized spacial score (nSPS) is 53.2. The molecule has 9 heteroatoms. The average Bonchev–Trinajstić information content (AvgIpc) is 3.06. The number of hydrogen-bond donors (Lipinski definition) is 6. The van der Waals surface area contributed by atoms with Crippen LogP contribution in [0.15, 0.2) is 23.3 Å². The highest BCUT2D eigenvalue weighted by Gasteiger charge is 2.79. The molecule has 6 N–H and O–H groups in total. The highest BCUT2D eigenvalue weighted by Crippen LogP contribution is 2.71. The van der Waals surface area contributed by atoms with Crippen LogP contribution in [0.3, 0.4) is 0 Å². The molecule has 11 atom stereocenters. The van der Waals surface area contributed by atoms with Crippen LogP contribution in [0.5, 0.6) is 0 Å². The fourth-order valence-electron chi connectivity index (χ4n) is 9.03. The van der Waals surface area contributed by atoms with Crippen LogP contribution >= 0.6 is 0 Å². The average molecular weight is 521 g/mol. The van der Waals surface area contributed by atoms with Gasteiger partial charge in [0.2, 0.25) is 0 Å². The molecule has 3 saturated carbocycles. The Morgan fingerprint density at radius 3 is 2.30 bits per heavy atom. The number of fused-ring (bicyclic) bond motifs is 5. The molecule has 3 fully saturated rings. The summed E-state index contributed by atoms with van der Waals surface area (Å²) in [4.78, 5) is 25.7. The second kappa shape index (κ2) is 7.73. The van der Waals surface area contributed by atoms with Crippen molar-refractivity contribution in [3.63, 3.8) is 0 Å². The van der Waals surface area contributed by atoms with Gasteiger partial charge < -0.3 is 35.4 Å². The molecule has 0 saturated heterocycles. The first-order valence-corrected chi connectivity index (χ1v) is 13.3. The van der Waals surface area contributed by atoms with Crippen molar-refractivity contribution in [2.24, 2.45) is 22.7 Å². The Morgan fingerprint density at radius 1 is 1.03 bits per heavy atom. The Bertz CT molecular complexity index is 1110. The Hall–Kier alpha value is -1.62. The van der Waals surface area contributed by atoms with Gasteiger partial charge in [-0.25, -0.2) is 4.79 Å². The summed E-state index contributed by atoms with van der Waals surface area (Å²) in [5.41, 5.74) is -9.08. The summed E-state index contributed by atoms with van der Waals surface area (Å²) in [6, 6.07) is 0. The number of aliphatic hydroxyl groups excluding tert-OH is 2. The summed E-state index contributed by atoms with van der Waals surface area (Å²) in [7, 11) is 0. The lowest BCUT2D eigenvalue weighted by atomic mass is 9.40. The molecule has 0 amide bonds. The fourth-order valence-corrected chi connectivity index (χ4v) is 9.03. The van der Waals surface area contributed by atoms with Gasteiger partial charge in [-0.1, -0.05) is 12.5 Å². The van der Waals surface area contributed by atoms with Crippen molar-refractivity contribution in [1.82, 2.24) is 0 Å². The summed E-state index contributed by atoms with van der Waals surface area (Å²) in [6.07, 6.45) is -0.766. The Morgan fingerprint density at radius 2 is 1.68 bits per heavy atom. The minimum atomic E-state index is -2.11. The van der Waals surface area contributed by atoms with E-state index < -0.39 is 75.1 Å². The highest BCUT2D eigenvalue weighted by atomic mass is 16.6. The molecule has 0 aromatic carbocycles. The molecule has 37 heavy (non-hydrogen) atoms. The SMILES string of the molecule is CC1=C(C)C(=O)O[C@@H]([C@](C)(O)[C@]2(O)CC[C@@]3(O)[C@@H]4C[C@H](O)[C@]5(O)[C@@H](O)C=CC(=O)[C@]5(C)[C@H]4CC[C@]23C)C1. The van der Waals surface area contributed by atoms with Gasteiger partial charge in [0.1, 0.15) is 29.0 Å². The zero-order valence-corrected chi connectivity index (χ0v) is 22.2. The number of hydrogen-bond acceptors (Lipinski definition) is 9. The number of esters is 1. The smallest absolute Gasteiger partial charge is 0.334 e. The van der Waals surface area contributed by atoms with E-state index in [1.165, 1.54) is 19.1 Å². The molecule has 0 bridgehead atoms. The zero-order chi connectivity index (χ0) is 27.6. The Labute approximate surface area is 216 Å². The fraction of sp³-hybridized carbons (Fsp3) is 0.786. The molecular formula is C28H40O9. The lowest BCUT2D eigenvalue weighted by Gasteiger charge is -2.67. The number of ketones is 1. The molecule has 5 rings (SSSR count). The van der Waals surface area contributed by atoms with E-state index in [-0.39, 0.29) is 32.1 Å². The molecule has 0 radical (unpaired) electrons. The highest BCUT2D eigenvalue weighted by molar-refractivity contribution is 5.97. The molecule has 0 spiro atoms. The van der Waals surface area contributed by atoms with Gasteiger partial charge in [0.05, 0.1) is 17.1 Å². The van der Waals surface area contributed by atoms with E-state index in [0.29, 0.717) is 12.0 Å². The topological polar surface area (TPSA) is 165 Å². The third kappa shape index (κ3) is 2.85. The summed E-state index contributed by atoms with van der Waals surface area (Å²) in [5, 5.41) is 70.0. The molecule has 206 valence electrons. The first kappa shape index (κ1) is 27.0. The number of carbonyl (C=O) groups is 2. The second-order valence-electron chi connectivity index (χ2n) is 13.0. The van der Waals surface area contributed by atoms with Crippen molar-refractivity contribution in [2.45, 2.75) is 114 Å². The van der Waals surface area contributed by atoms with Crippen molar-refractivity contribution >= 4 is 11.8 Å². The van der Waals surface area contributed by atoms with Crippen molar-refractivity contribution in [1.29, 1.82) is 0 Å². The van der Waals surface area contributed by atoms with Gasteiger partial charge in [-0.05, 0) is 83.8 Å². The molecule has 0 aromatic heterocycles. The summed E-state index contributed by atoms with van der Waals surface area (Å²) in [5.74, 6) is -2.26. The monoisotopic (exact) mass is 520 g/mol. The maximum Gasteiger partial charge on any atom is 0.334 e. The molecule has 1 aliphatic heterocycles. The van der Waals surface area contributed by atoms with Crippen molar-refractivity contribution < 1.29 is 45.0 Å². The third-order valence-electron chi connectivity index (χ3n) is 11.9. The van der Waals surface area contributed by atoms with Crippen LogP contribution in [0, 0.1) is 22.7 Å². The first-order chi connectivity index (χ1) is 16.9. The van der Waals surface area contributed by atoms with Crippen LogP contribution in [0.2, 0.25) is 0 Å². The summed E-state index contributed by atoms with van der Waals surface area (Å²) in [6.45, 7) is 8.16. The molecule has 5 aliphatic rings. The standard InChI is InChI=1S/C28H40O9/c1-14-12-21(37-22(32)15(14)2)25(5,33)27(35)11-10-26(34)17-13-20(31)28(36)19(30)7-6-18(29)24(28,4)16(17)8-9-23(26,27)3/h6-7,16-17,19-21,30-31,33-36H,8-13H2,1-5H3/t16-,17+,19-,20-,21+,23-,24-,25-,26+,27-,28+/m0/s1. The number of rotatable bonds is 2. The van der Waals surface area contributed by atoms with Crippen LogP contribution in [0.4, 0.5) is 0 Å². The lowest BCUT2D eigenvalue weighted by Crippen LogP contribution is -2.77. The van der Waals surface area contributed by atoms with Crippen molar-refractivity contribution in [3.8, 4) is 0 Å². The van der Waals surface area contributed by atoms with Gasteiger partial charge in [0, 0.05) is 17.4 Å². The number of cyclic esters (lactones) is 1. The van der Waals surface area contributed by atoms with Crippen molar-refractivity contribution in [3.05, 3.63) is 23.3 Å². The van der Waals surface area contributed by atoms with Crippen molar-refractivity contribution in [2.75, 3.05) is 0 Å². The van der Waals surface area contributed by atoms with Crippen LogP contribution in [-0.2, 0) is 14.3 Å². The zero-order valence-electron chi connectivity index (χ0n) is 22.2. The largest absolute Gasteiger partial charge is 0.455 e. The quantitative estimate of drug-likeness (QED) is 0.287. The first-order valence-electron chi connectivity index (χ1n) is 13.3. The number of ether oxygens (including phenoxy) is 1. The molecule has 0 aromatic rings. The lowest BCUT2D eigenvalue weighted by molar-refractivity contribution is -0.308. The van der Waals surface area contributed by atoms with E-state index >= 15 is 0 Å². The molecule has 0 unspecified atom stereocenters. The van der Waals surface area contributed by atoms with Crippen LogP contribution < -0.4 is 0 Å². The van der Waals surface area contributed by atoms with E-state index in [9.17, 15) is 40.2 Å². The number of carbonyl (C=O) groups excluding carboxylic acids is 2. The molecule has 4 aliphatic carbocycles. The number of allylic oxidation sites excluding steroid dienone is 1. The van der Waals surface area contributed by atoms with Crippen LogP contribution in [0.1, 0.15) is 73.1 Å². The van der Waals surface area contributed by atoms with Crippen LogP contribution in [0.25, 0.3) is 0 Å². The molecule has 1 heterocycles.